The Balaban J connectivity index is 1.30. The number of aliphatic hydroxyl groups excluding tert-OH is 1. The average Bonchev–Trinajstić information content (AvgIpc) is 3.19. The van der Waals surface area contributed by atoms with Gasteiger partial charge < -0.3 is 20.5 Å². The number of nitrogens with one attached hydrogen (secondary N) is 2. The zero-order valence-electron chi connectivity index (χ0n) is 18.8. The Hall–Kier alpha value is -3.22. The van der Waals surface area contributed by atoms with Crippen LogP contribution in [0.25, 0.3) is 6.08 Å². The number of thiophene rings is 1. The Kier molecular flexibility index (Phi) is 7.93. The number of carbonyl (C=O) groups is 2. The summed E-state index contributed by atoms with van der Waals surface area (Å²) in [5, 5.41) is 25.6. The molecule has 1 saturated carbocycles. The van der Waals surface area contributed by atoms with Crippen molar-refractivity contribution in [3.63, 3.8) is 0 Å². The van der Waals surface area contributed by atoms with Crippen molar-refractivity contribution in [3.8, 4) is 6.07 Å². The van der Waals surface area contributed by atoms with Gasteiger partial charge in [0.2, 0.25) is 5.91 Å². The number of ether oxygens (including phenoxy) is 1. The number of nitriles is 1. The molecule has 0 saturated heterocycles. The van der Waals surface area contributed by atoms with Gasteiger partial charge >= 0.3 is 6.09 Å². The lowest BCUT2D eigenvalue weighted by Gasteiger charge is -2.26. The number of amides is 2. The van der Waals surface area contributed by atoms with E-state index in [2.05, 4.69) is 21.7 Å². The van der Waals surface area contributed by atoms with E-state index in [1.54, 1.807) is 24.5 Å². The van der Waals surface area contributed by atoms with Gasteiger partial charge in [-0.1, -0.05) is 6.07 Å². The van der Waals surface area contributed by atoms with Crippen LogP contribution in [-0.4, -0.2) is 40.8 Å². The van der Waals surface area contributed by atoms with Crippen LogP contribution in [0.4, 0.5) is 9.80 Å². The van der Waals surface area contributed by atoms with E-state index in [-0.39, 0.29) is 24.0 Å². The number of pyridine rings is 1. The van der Waals surface area contributed by atoms with Gasteiger partial charge in [-0.2, -0.15) is 5.26 Å². The second kappa shape index (κ2) is 11.3. The lowest BCUT2D eigenvalue weighted by molar-refractivity contribution is -0.111. The highest BCUT2D eigenvalue weighted by atomic mass is 32.1. The maximum Gasteiger partial charge on any atom is 0.407 e. The summed E-state index contributed by atoms with van der Waals surface area (Å²) in [4.78, 5) is 29.6. The predicted octanol–water partition coefficient (Wildman–Crippen LogP) is 3.80. The summed E-state index contributed by atoms with van der Waals surface area (Å²) in [5.41, 5.74) is 2.33. The van der Waals surface area contributed by atoms with Crippen molar-refractivity contribution in [1.82, 2.24) is 10.3 Å². The smallest absolute Gasteiger partial charge is 0.407 e. The van der Waals surface area contributed by atoms with Crippen LogP contribution in [0.1, 0.15) is 53.7 Å². The summed E-state index contributed by atoms with van der Waals surface area (Å²) in [6.45, 7) is 0.315. The molecule has 3 N–H and O–H groups in total. The number of hydrogen-bond donors (Lipinski definition) is 3. The van der Waals surface area contributed by atoms with Gasteiger partial charge in [0, 0.05) is 29.4 Å². The van der Waals surface area contributed by atoms with E-state index in [0.29, 0.717) is 42.9 Å². The Bertz CT molecular complexity index is 1080. The topological polar surface area (TPSA) is 124 Å². The molecule has 2 aliphatic carbocycles. The molecular formula is C25H28N4O4S. The SMILES string of the molecule is N#Cc1c(NC(=O)/C=C/c2cccnc2)sc2c1CCC(COC(=O)NC1CCC(O)CC1)C2. The van der Waals surface area contributed by atoms with Crippen molar-refractivity contribution >= 4 is 34.4 Å². The third-order valence-corrected chi connectivity index (χ3v) is 7.47. The molecule has 2 heterocycles. The maximum atomic E-state index is 12.4. The van der Waals surface area contributed by atoms with E-state index in [1.807, 2.05) is 6.07 Å². The van der Waals surface area contributed by atoms with Gasteiger partial charge in [-0.3, -0.25) is 9.78 Å². The van der Waals surface area contributed by atoms with Gasteiger partial charge in [0.15, 0.2) is 0 Å². The third kappa shape index (κ3) is 6.22. The molecule has 1 unspecified atom stereocenters. The largest absolute Gasteiger partial charge is 0.449 e. The number of aliphatic hydroxyl groups is 1. The number of carbonyl (C=O) groups excluding carboxylic acids is 2. The first kappa shape index (κ1) is 23.9. The zero-order valence-corrected chi connectivity index (χ0v) is 19.6. The van der Waals surface area contributed by atoms with Crippen LogP contribution in [0.5, 0.6) is 0 Å². The Morgan fingerprint density at radius 3 is 2.85 bits per heavy atom. The summed E-state index contributed by atoms with van der Waals surface area (Å²) >= 11 is 1.42. The minimum absolute atomic E-state index is 0.0581. The fourth-order valence-electron chi connectivity index (χ4n) is 4.42. The zero-order chi connectivity index (χ0) is 23.9. The molecule has 1 fully saturated rings. The lowest BCUT2D eigenvalue weighted by Crippen LogP contribution is -2.39. The van der Waals surface area contributed by atoms with E-state index in [9.17, 15) is 20.0 Å². The van der Waals surface area contributed by atoms with Gasteiger partial charge in [-0.15, -0.1) is 11.3 Å². The van der Waals surface area contributed by atoms with Crippen molar-refractivity contribution in [2.24, 2.45) is 5.92 Å². The van der Waals surface area contributed by atoms with Crippen LogP contribution >= 0.6 is 11.3 Å². The summed E-state index contributed by atoms with van der Waals surface area (Å²) in [6.07, 6.45) is 10.9. The van der Waals surface area contributed by atoms with Crippen molar-refractivity contribution < 1.29 is 19.4 Å². The average molecular weight is 481 g/mol. The molecule has 0 bridgehead atoms. The number of alkyl carbamates (subject to hydrolysis) is 1. The number of aromatic nitrogens is 1. The predicted molar refractivity (Wildman–Crippen MR) is 129 cm³/mol. The van der Waals surface area contributed by atoms with Crippen molar-refractivity contribution in [3.05, 3.63) is 52.2 Å². The number of nitrogens with zero attached hydrogens (tertiary/aromatic N) is 2. The molecule has 0 aromatic carbocycles. The van der Waals surface area contributed by atoms with Crippen LogP contribution < -0.4 is 10.6 Å². The monoisotopic (exact) mass is 480 g/mol. The van der Waals surface area contributed by atoms with E-state index in [0.717, 1.165) is 35.3 Å². The Labute approximate surface area is 202 Å². The first-order valence-electron chi connectivity index (χ1n) is 11.6. The molecule has 1 atom stereocenters. The first-order chi connectivity index (χ1) is 16.5. The fourth-order valence-corrected chi connectivity index (χ4v) is 5.74. The summed E-state index contributed by atoms with van der Waals surface area (Å²) in [6, 6.07) is 5.95. The normalized spacial score (nSPS) is 21.9. The number of anilines is 1. The van der Waals surface area contributed by atoms with Gasteiger partial charge in [0.25, 0.3) is 0 Å². The van der Waals surface area contributed by atoms with Crippen molar-refractivity contribution in [2.45, 2.75) is 57.1 Å². The number of hydrogen-bond acceptors (Lipinski definition) is 7. The molecule has 34 heavy (non-hydrogen) atoms. The van der Waals surface area contributed by atoms with Crippen LogP contribution in [0.3, 0.4) is 0 Å². The van der Waals surface area contributed by atoms with E-state index >= 15 is 0 Å². The second-order valence-corrected chi connectivity index (χ2v) is 9.89. The van der Waals surface area contributed by atoms with E-state index in [4.69, 9.17) is 4.74 Å². The molecule has 8 nitrogen and oxygen atoms in total. The summed E-state index contributed by atoms with van der Waals surface area (Å²) in [7, 11) is 0. The molecular weight excluding hydrogens is 452 g/mol. The van der Waals surface area contributed by atoms with Gasteiger partial charge in [0.1, 0.15) is 11.1 Å². The standard InChI is InChI=1S/C25H28N4O4S/c26-13-21-20-9-3-17(15-33-25(32)28-18-5-7-19(30)8-6-18)12-22(20)34-24(21)29-23(31)10-4-16-2-1-11-27-14-16/h1-2,4,10-11,14,17-19,30H,3,5-9,12,15H2,(H,28,32)(H,29,31)/b10-4+. The highest BCUT2D eigenvalue weighted by Gasteiger charge is 2.28. The highest BCUT2D eigenvalue weighted by molar-refractivity contribution is 7.16. The quantitative estimate of drug-likeness (QED) is 0.540. The van der Waals surface area contributed by atoms with Crippen LogP contribution in [0.15, 0.2) is 30.6 Å². The molecule has 2 aliphatic rings. The minimum Gasteiger partial charge on any atom is -0.449 e. The van der Waals surface area contributed by atoms with Crippen LogP contribution in [-0.2, 0) is 22.4 Å². The van der Waals surface area contributed by atoms with Crippen molar-refractivity contribution in [1.29, 1.82) is 5.26 Å². The molecule has 9 heteroatoms. The van der Waals surface area contributed by atoms with Gasteiger partial charge in [-0.25, -0.2) is 4.79 Å². The van der Waals surface area contributed by atoms with E-state index in [1.165, 1.54) is 17.4 Å². The maximum absolute atomic E-state index is 12.4. The molecule has 0 spiro atoms. The van der Waals surface area contributed by atoms with Crippen LogP contribution in [0.2, 0.25) is 0 Å². The molecule has 2 aromatic heterocycles. The summed E-state index contributed by atoms with van der Waals surface area (Å²) < 4.78 is 5.47. The molecule has 0 radical (unpaired) electrons. The van der Waals surface area contributed by atoms with Crippen molar-refractivity contribution in [2.75, 3.05) is 11.9 Å². The second-order valence-electron chi connectivity index (χ2n) is 8.79. The minimum atomic E-state index is -0.413. The van der Waals surface area contributed by atoms with E-state index < -0.39 is 6.09 Å². The lowest BCUT2D eigenvalue weighted by atomic mass is 9.88. The molecule has 0 aliphatic heterocycles. The Morgan fingerprint density at radius 1 is 1.29 bits per heavy atom. The van der Waals surface area contributed by atoms with Gasteiger partial charge in [0.05, 0.1) is 18.3 Å². The number of fused-ring (bicyclic) bond motifs is 1. The highest BCUT2D eigenvalue weighted by Crippen LogP contribution is 2.39. The molecule has 178 valence electrons. The molecule has 4 rings (SSSR count). The Morgan fingerprint density at radius 2 is 2.12 bits per heavy atom. The number of rotatable bonds is 6. The van der Waals surface area contributed by atoms with Crippen LogP contribution in [0, 0.1) is 17.2 Å². The molecule has 2 amide bonds. The first-order valence-corrected chi connectivity index (χ1v) is 12.4. The molecule has 2 aromatic rings. The van der Waals surface area contributed by atoms with Gasteiger partial charge in [-0.05, 0) is 74.1 Å². The fraction of sp³-hybridized carbons (Fsp3) is 0.440. The summed E-state index contributed by atoms with van der Waals surface area (Å²) in [5.74, 6) is -0.128. The third-order valence-electron chi connectivity index (χ3n) is 6.30.